The summed E-state index contributed by atoms with van der Waals surface area (Å²) in [6.45, 7) is 7.86. The minimum atomic E-state index is -0.854. The molecule has 7 heteroatoms. The van der Waals surface area contributed by atoms with Gasteiger partial charge in [-0.1, -0.05) is 20.8 Å². The maximum atomic E-state index is 9.66. The SMILES string of the molecule is C#CCCN(CC(C)(C)C)c1ncnc2c1ncn2C[C@H](O)CO. The molecule has 0 aliphatic rings. The van der Waals surface area contributed by atoms with Crippen LogP contribution in [0.3, 0.4) is 0 Å². The van der Waals surface area contributed by atoms with E-state index in [4.69, 9.17) is 11.5 Å². The van der Waals surface area contributed by atoms with Crippen molar-refractivity contribution in [3.8, 4) is 12.3 Å². The summed E-state index contributed by atoms with van der Waals surface area (Å²) in [6, 6.07) is 0. The number of fused-ring (bicyclic) bond motifs is 1. The van der Waals surface area contributed by atoms with E-state index in [0.29, 0.717) is 24.1 Å². The molecule has 1 atom stereocenters. The van der Waals surface area contributed by atoms with Crippen molar-refractivity contribution in [1.82, 2.24) is 19.5 Å². The van der Waals surface area contributed by atoms with Gasteiger partial charge in [0.05, 0.1) is 25.6 Å². The summed E-state index contributed by atoms with van der Waals surface area (Å²) < 4.78 is 1.72. The van der Waals surface area contributed by atoms with Crippen LogP contribution in [0.4, 0.5) is 5.82 Å². The third-order valence-corrected chi connectivity index (χ3v) is 3.49. The number of aliphatic hydroxyl groups is 2. The van der Waals surface area contributed by atoms with E-state index in [0.717, 1.165) is 12.4 Å². The number of anilines is 1. The standard InChI is InChI=1S/C17H25N5O2/c1-5-6-7-21(10-17(2,3)4)15-14-16(19-11-18-15)22(12-20-14)8-13(24)9-23/h1,11-13,23-24H,6-10H2,2-4H3/t13-/m0/s1. The van der Waals surface area contributed by atoms with Crippen LogP contribution in [-0.4, -0.2) is 55.5 Å². The van der Waals surface area contributed by atoms with Gasteiger partial charge in [0.2, 0.25) is 0 Å². The third kappa shape index (κ3) is 4.43. The zero-order valence-corrected chi connectivity index (χ0v) is 14.5. The van der Waals surface area contributed by atoms with Crippen LogP contribution in [0.2, 0.25) is 0 Å². The fraction of sp³-hybridized carbons (Fsp3) is 0.588. The van der Waals surface area contributed by atoms with Crippen molar-refractivity contribution in [2.75, 3.05) is 24.6 Å². The Bertz CT molecular complexity index is 714. The summed E-state index contributed by atoms with van der Waals surface area (Å²) in [5.41, 5.74) is 1.37. The maximum Gasteiger partial charge on any atom is 0.165 e. The highest BCUT2D eigenvalue weighted by Crippen LogP contribution is 2.25. The second-order valence-electron chi connectivity index (χ2n) is 7.04. The molecule has 2 rings (SSSR count). The summed E-state index contributed by atoms with van der Waals surface area (Å²) in [7, 11) is 0. The highest BCUT2D eigenvalue weighted by Gasteiger charge is 2.21. The molecule has 2 heterocycles. The minimum Gasteiger partial charge on any atom is -0.394 e. The van der Waals surface area contributed by atoms with E-state index in [9.17, 15) is 5.11 Å². The predicted octanol–water partition coefficient (Wildman–Crippen LogP) is 1.06. The first-order valence-electron chi connectivity index (χ1n) is 7.99. The summed E-state index contributed by atoms with van der Waals surface area (Å²) in [5.74, 6) is 3.41. The van der Waals surface area contributed by atoms with Crippen molar-refractivity contribution >= 4 is 17.0 Å². The summed E-state index contributed by atoms with van der Waals surface area (Å²) in [5, 5.41) is 18.7. The monoisotopic (exact) mass is 331 g/mol. The average molecular weight is 331 g/mol. The van der Waals surface area contributed by atoms with Crippen molar-refractivity contribution in [2.45, 2.75) is 39.8 Å². The second kappa shape index (κ2) is 7.60. The molecule has 130 valence electrons. The molecule has 0 spiro atoms. The Labute approximate surface area is 142 Å². The minimum absolute atomic E-state index is 0.0710. The van der Waals surface area contributed by atoms with Gasteiger partial charge in [-0.25, -0.2) is 15.0 Å². The lowest BCUT2D eigenvalue weighted by Gasteiger charge is -2.30. The van der Waals surface area contributed by atoms with E-state index in [1.165, 1.54) is 6.33 Å². The predicted molar refractivity (Wildman–Crippen MR) is 93.5 cm³/mol. The largest absolute Gasteiger partial charge is 0.394 e. The molecule has 2 aromatic heterocycles. The molecule has 0 aromatic carbocycles. The van der Waals surface area contributed by atoms with Gasteiger partial charge in [0.1, 0.15) is 6.33 Å². The Kier molecular flexibility index (Phi) is 5.75. The smallest absolute Gasteiger partial charge is 0.165 e. The normalized spacial score (nSPS) is 13.0. The highest BCUT2D eigenvalue weighted by molar-refractivity contribution is 5.83. The van der Waals surface area contributed by atoms with E-state index >= 15 is 0 Å². The number of aromatic nitrogens is 4. The van der Waals surface area contributed by atoms with Crippen molar-refractivity contribution in [2.24, 2.45) is 5.41 Å². The number of rotatable bonds is 7. The Morgan fingerprint density at radius 1 is 1.33 bits per heavy atom. The van der Waals surface area contributed by atoms with E-state index < -0.39 is 6.10 Å². The Morgan fingerprint density at radius 2 is 2.08 bits per heavy atom. The van der Waals surface area contributed by atoms with Crippen LogP contribution in [0.15, 0.2) is 12.7 Å². The highest BCUT2D eigenvalue weighted by atomic mass is 16.3. The van der Waals surface area contributed by atoms with Crippen LogP contribution in [-0.2, 0) is 6.54 Å². The molecule has 0 bridgehead atoms. The summed E-state index contributed by atoms with van der Waals surface area (Å²) in [4.78, 5) is 15.2. The molecule has 2 aromatic rings. The summed E-state index contributed by atoms with van der Waals surface area (Å²) in [6.07, 6.45) is 8.29. The number of imidazole rings is 1. The van der Waals surface area contributed by atoms with Crippen molar-refractivity contribution < 1.29 is 10.2 Å². The Morgan fingerprint density at radius 3 is 2.71 bits per heavy atom. The topological polar surface area (TPSA) is 87.3 Å². The lowest BCUT2D eigenvalue weighted by atomic mass is 9.96. The Balaban J connectivity index is 2.40. The first-order valence-corrected chi connectivity index (χ1v) is 7.99. The van der Waals surface area contributed by atoms with Crippen LogP contribution in [0.5, 0.6) is 0 Å². The third-order valence-electron chi connectivity index (χ3n) is 3.49. The number of terminal acetylenes is 1. The molecule has 0 saturated carbocycles. The quantitative estimate of drug-likeness (QED) is 0.738. The first-order chi connectivity index (χ1) is 11.4. The van der Waals surface area contributed by atoms with E-state index in [-0.39, 0.29) is 18.6 Å². The van der Waals surface area contributed by atoms with Gasteiger partial charge >= 0.3 is 0 Å². The second-order valence-corrected chi connectivity index (χ2v) is 7.04. The number of nitrogens with zero attached hydrogens (tertiary/aromatic N) is 5. The molecule has 0 aliphatic carbocycles. The van der Waals surface area contributed by atoms with Gasteiger partial charge in [0.25, 0.3) is 0 Å². The average Bonchev–Trinajstić information content (AvgIpc) is 2.93. The van der Waals surface area contributed by atoms with Gasteiger partial charge in [-0.05, 0) is 5.41 Å². The van der Waals surface area contributed by atoms with E-state index in [1.807, 2.05) is 0 Å². The van der Waals surface area contributed by atoms with Gasteiger partial charge in [0, 0.05) is 19.5 Å². The maximum absolute atomic E-state index is 9.66. The number of hydrogen-bond acceptors (Lipinski definition) is 6. The lowest BCUT2D eigenvalue weighted by molar-refractivity contribution is 0.0820. The van der Waals surface area contributed by atoms with Crippen LogP contribution < -0.4 is 4.90 Å². The zero-order valence-electron chi connectivity index (χ0n) is 14.5. The molecule has 0 fully saturated rings. The fourth-order valence-corrected chi connectivity index (χ4v) is 2.55. The molecule has 24 heavy (non-hydrogen) atoms. The lowest BCUT2D eigenvalue weighted by Crippen LogP contribution is -2.34. The molecule has 0 saturated heterocycles. The molecular formula is C17H25N5O2. The molecular weight excluding hydrogens is 306 g/mol. The van der Waals surface area contributed by atoms with Crippen molar-refractivity contribution in [3.63, 3.8) is 0 Å². The summed E-state index contributed by atoms with van der Waals surface area (Å²) >= 11 is 0. The fourth-order valence-electron chi connectivity index (χ4n) is 2.55. The van der Waals surface area contributed by atoms with Crippen molar-refractivity contribution in [3.05, 3.63) is 12.7 Å². The van der Waals surface area contributed by atoms with Gasteiger partial charge in [-0.15, -0.1) is 12.3 Å². The number of hydrogen-bond donors (Lipinski definition) is 2. The van der Waals surface area contributed by atoms with Crippen molar-refractivity contribution in [1.29, 1.82) is 0 Å². The van der Waals surface area contributed by atoms with Gasteiger partial charge < -0.3 is 19.7 Å². The molecule has 0 radical (unpaired) electrons. The van der Waals surface area contributed by atoms with Crippen LogP contribution >= 0.6 is 0 Å². The molecule has 0 unspecified atom stereocenters. The van der Waals surface area contributed by atoms with Crippen LogP contribution in [0.25, 0.3) is 11.2 Å². The van der Waals surface area contributed by atoms with E-state index in [2.05, 4.69) is 46.5 Å². The van der Waals surface area contributed by atoms with Crippen LogP contribution in [0, 0.1) is 17.8 Å². The van der Waals surface area contributed by atoms with E-state index in [1.54, 1.807) is 10.9 Å². The molecule has 0 amide bonds. The molecule has 7 nitrogen and oxygen atoms in total. The molecule has 2 N–H and O–H groups in total. The van der Waals surface area contributed by atoms with Gasteiger partial charge in [-0.3, -0.25) is 0 Å². The van der Waals surface area contributed by atoms with Gasteiger partial charge in [0.15, 0.2) is 17.0 Å². The van der Waals surface area contributed by atoms with Crippen LogP contribution in [0.1, 0.15) is 27.2 Å². The first kappa shape index (κ1) is 18.2. The van der Waals surface area contributed by atoms with Gasteiger partial charge in [-0.2, -0.15) is 0 Å². The number of aliphatic hydroxyl groups excluding tert-OH is 2. The zero-order chi connectivity index (χ0) is 17.7. The molecule has 0 aliphatic heterocycles. The Hall–Kier alpha value is -2.17.